The zero-order chi connectivity index (χ0) is 14.9. The van der Waals surface area contributed by atoms with Gasteiger partial charge in [-0.1, -0.05) is 5.16 Å². The molecule has 1 amide bonds. The Balaban J connectivity index is 1.56. The molecule has 0 radical (unpaired) electrons. The van der Waals surface area contributed by atoms with E-state index in [1.54, 1.807) is 22.4 Å². The first-order valence-corrected chi connectivity index (χ1v) is 7.64. The molecule has 22 heavy (non-hydrogen) atoms. The number of hydrogen-bond donors (Lipinski definition) is 0. The van der Waals surface area contributed by atoms with Gasteiger partial charge >= 0.3 is 11.8 Å². The molecule has 0 fully saturated rings. The molecule has 3 aromatic heterocycles. The summed E-state index contributed by atoms with van der Waals surface area (Å²) in [6.45, 7) is 1.25. The SMILES string of the molecule is O=C(c1nc(-c2cnccn2)no1)N1CCc2ccsc2C1. The third-order valence-corrected chi connectivity index (χ3v) is 4.46. The van der Waals surface area contributed by atoms with Gasteiger partial charge in [0.2, 0.25) is 5.82 Å². The van der Waals surface area contributed by atoms with Crippen LogP contribution in [0.15, 0.2) is 34.6 Å². The van der Waals surface area contributed by atoms with Crippen LogP contribution in [0.25, 0.3) is 11.5 Å². The molecule has 1 aliphatic rings. The average Bonchev–Trinajstić information content (AvgIpc) is 3.23. The largest absolute Gasteiger partial charge is 0.329 e. The van der Waals surface area contributed by atoms with Crippen molar-refractivity contribution in [2.45, 2.75) is 13.0 Å². The first kappa shape index (κ1) is 13.1. The molecule has 0 N–H and O–H groups in total. The minimum atomic E-state index is -0.248. The quantitative estimate of drug-likeness (QED) is 0.717. The Kier molecular flexibility index (Phi) is 3.15. The van der Waals surface area contributed by atoms with Gasteiger partial charge in [-0.15, -0.1) is 11.3 Å². The molecule has 110 valence electrons. The van der Waals surface area contributed by atoms with Gasteiger partial charge in [0.15, 0.2) is 0 Å². The Morgan fingerprint density at radius 3 is 3.18 bits per heavy atom. The van der Waals surface area contributed by atoms with Crippen LogP contribution in [-0.2, 0) is 13.0 Å². The zero-order valence-electron chi connectivity index (χ0n) is 11.5. The van der Waals surface area contributed by atoms with Gasteiger partial charge in [0, 0.05) is 23.8 Å². The van der Waals surface area contributed by atoms with E-state index in [0.717, 1.165) is 6.42 Å². The summed E-state index contributed by atoms with van der Waals surface area (Å²) >= 11 is 1.66. The van der Waals surface area contributed by atoms with E-state index in [9.17, 15) is 4.79 Å². The monoisotopic (exact) mass is 313 g/mol. The first-order chi connectivity index (χ1) is 10.8. The van der Waals surface area contributed by atoms with Gasteiger partial charge < -0.3 is 9.42 Å². The molecular formula is C14H11N5O2S. The van der Waals surface area contributed by atoms with Crippen molar-refractivity contribution in [2.75, 3.05) is 6.54 Å². The molecular weight excluding hydrogens is 302 g/mol. The van der Waals surface area contributed by atoms with Crippen LogP contribution in [0, 0.1) is 0 Å². The molecule has 7 nitrogen and oxygen atoms in total. The lowest BCUT2D eigenvalue weighted by Crippen LogP contribution is -2.35. The Morgan fingerprint density at radius 1 is 1.36 bits per heavy atom. The second-order valence-electron chi connectivity index (χ2n) is 4.86. The number of amides is 1. The van der Waals surface area contributed by atoms with Crippen molar-refractivity contribution in [1.29, 1.82) is 0 Å². The van der Waals surface area contributed by atoms with Crippen LogP contribution in [0.1, 0.15) is 21.1 Å². The van der Waals surface area contributed by atoms with Crippen molar-refractivity contribution in [3.05, 3.63) is 46.4 Å². The van der Waals surface area contributed by atoms with Crippen LogP contribution in [0.3, 0.4) is 0 Å². The maximum Gasteiger partial charge on any atom is 0.316 e. The van der Waals surface area contributed by atoms with E-state index in [-0.39, 0.29) is 17.6 Å². The molecule has 4 rings (SSSR count). The van der Waals surface area contributed by atoms with Crippen LogP contribution in [0.5, 0.6) is 0 Å². The third-order valence-electron chi connectivity index (χ3n) is 3.51. The van der Waals surface area contributed by atoms with Crippen LogP contribution in [0.4, 0.5) is 0 Å². The number of nitrogens with zero attached hydrogens (tertiary/aromatic N) is 5. The first-order valence-electron chi connectivity index (χ1n) is 6.76. The van der Waals surface area contributed by atoms with Crippen molar-refractivity contribution in [3.63, 3.8) is 0 Å². The minimum Gasteiger partial charge on any atom is -0.329 e. The predicted octanol–water partition coefficient (Wildman–Crippen LogP) is 1.79. The summed E-state index contributed by atoms with van der Waals surface area (Å²) in [4.78, 5) is 27.6. The van der Waals surface area contributed by atoms with Crippen molar-refractivity contribution < 1.29 is 9.32 Å². The number of rotatable bonds is 2. The Morgan fingerprint density at radius 2 is 2.32 bits per heavy atom. The molecule has 0 aliphatic carbocycles. The number of carbonyl (C=O) groups excluding carboxylic acids is 1. The Labute approximate surface area is 129 Å². The minimum absolute atomic E-state index is 0.0133. The second-order valence-corrected chi connectivity index (χ2v) is 5.86. The van der Waals surface area contributed by atoms with Crippen molar-refractivity contribution in [3.8, 4) is 11.5 Å². The van der Waals surface area contributed by atoms with Gasteiger partial charge in [-0.05, 0) is 23.4 Å². The fraction of sp³-hybridized carbons (Fsp3) is 0.214. The van der Waals surface area contributed by atoms with Gasteiger partial charge in [0.05, 0.1) is 12.7 Å². The van der Waals surface area contributed by atoms with Gasteiger partial charge in [0.1, 0.15) is 5.69 Å². The van der Waals surface area contributed by atoms with Gasteiger partial charge in [-0.25, -0.2) is 4.98 Å². The molecule has 0 saturated carbocycles. The number of fused-ring (bicyclic) bond motifs is 1. The summed E-state index contributed by atoms with van der Waals surface area (Å²) in [5.74, 6) is 0.00706. The fourth-order valence-electron chi connectivity index (χ4n) is 2.37. The molecule has 0 bridgehead atoms. The second kappa shape index (κ2) is 5.30. The van der Waals surface area contributed by atoms with Crippen LogP contribution >= 0.6 is 11.3 Å². The zero-order valence-corrected chi connectivity index (χ0v) is 12.3. The smallest absolute Gasteiger partial charge is 0.316 e. The van der Waals surface area contributed by atoms with E-state index in [2.05, 4.69) is 31.6 Å². The summed E-state index contributed by atoms with van der Waals surface area (Å²) in [6.07, 6.45) is 5.48. The summed E-state index contributed by atoms with van der Waals surface area (Å²) in [5, 5.41) is 5.86. The third kappa shape index (κ3) is 2.27. The Bertz CT molecular complexity index is 814. The molecule has 1 aliphatic heterocycles. The summed E-state index contributed by atoms with van der Waals surface area (Å²) in [6, 6.07) is 2.11. The lowest BCUT2D eigenvalue weighted by molar-refractivity contribution is 0.0686. The van der Waals surface area contributed by atoms with Crippen LogP contribution in [0.2, 0.25) is 0 Å². The molecule has 0 aromatic carbocycles. The number of carbonyl (C=O) groups is 1. The van der Waals surface area contributed by atoms with Gasteiger partial charge in [-0.3, -0.25) is 9.78 Å². The summed E-state index contributed by atoms with van der Waals surface area (Å²) in [5.41, 5.74) is 1.80. The van der Waals surface area contributed by atoms with E-state index in [1.807, 2.05) is 0 Å². The number of aromatic nitrogens is 4. The van der Waals surface area contributed by atoms with E-state index in [0.29, 0.717) is 18.8 Å². The maximum atomic E-state index is 12.5. The van der Waals surface area contributed by atoms with Crippen molar-refractivity contribution in [2.24, 2.45) is 0 Å². The van der Waals surface area contributed by atoms with Crippen molar-refractivity contribution in [1.82, 2.24) is 25.0 Å². The lowest BCUT2D eigenvalue weighted by Gasteiger charge is -2.25. The van der Waals surface area contributed by atoms with Crippen LogP contribution < -0.4 is 0 Å². The normalized spacial score (nSPS) is 13.9. The standard InChI is InChI=1S/C14H11N5O2S/c20-14(19-5-1-9-2-6-22-11(9)8-19)13-17-12(18-21-13)10-7-15-3-4-16-10/h2-4,6-7H,1,5,8H2. The van der Waals surface area contributed by atoms with E-state index in [1.165, 1.54) is 22.8 Å². The topological polar surface area (TPSA) is 85.0 Å². The highest BCUT2D eigenvalue weighted by molar-refractivity contribution is 7.10. The van der Waals surface area contributed by atoms with Crippen molar-refractivity contribution >= 4 is 17.2 Å². The molecule has 0 saturated heterocycles. The molecule has 3 aromatic rings. The Hall–Kier alpha value is -2.61. The van der Waals surface area contributed by atoms with E-state index >= 15 is 0 Å². The van der Waals surface area contributed by atoms with E-state index < -0.39 is 0 Å². The molecule has 0 unspecified atom stereocenters. The van der Waals surface area contributed by atoms with E-state index in [4.69, 9.17) is 4.52 Å². The molecule has 4 heterocycles. The molecule has 0 atom stereocenters. The molecule has 8 heteroatoms. The highest BCUT2D eigenvalue weighted by Crippen LogP contribution is 2.25. The summed E-state index contributed by atoms with van der Waals surface area (Å²) < 4.78 is 5.09. The fourth-order valence-corrected chi connectivity index (χ4v) is 3.32. The number of thiophene rings is 1. The van der Waals surface area contributed by atoms with Crippen LogP contribution in [-0.4, -0.2) is 37.5 Å². The lowest BCUT2D eigenvalue weighted by atomic mass is 10.1. The highest BCUT2D eigenvalue weighted by Gasteiger charge is 2.27. The molecule has 0 spiro atoms. The average molecular weight is 313 g/mol. The summed E-state index contributed by atoms with van der Waals surface area (Å²) in [7, 11) is 0. The predicted molar refractivity (Wildman–Crippen MR) is 78.1 cm³/mol. The number of hydrogen-bond acceptors (Lipinski definition) is 7. The highest BCUT2D eigenvalue weighted by atomic mass is 32.1. The van der Waals surface area contributed by atoms with Gasteiger partial charge in [-0.2, -0.15) is 4.98 Å². The maximum absolute atomic E-state index is 12.5. The van der Waals surface area contributed by atoms with Gasteiger partial charge in [0.25, 0.3) is 0 Å².